The van der Waals surface area contributed by atoms with E-state index in [-0.39, 0.29) is 25.3 Å². The van der Waals surface area contributed by atoms with Crippen LogP contribution >= 0.6 is 11.6 Å². The number of halogens is 1. The van der Waals surface area contributed by atoms with Gasteiger partial charge >= 0.3 is 6.09 Å². The third kappa shape index (κ3) is 6.98. The number of aromatic nitrogens is 2. The summed E-state index contributed by atoms with van der Waals surface area (Å²) in [5.74, 6) is -0.354. The lowest BCUT2D eigenvalue weighted by atomic mass is 9.98. The van der Waals surface area contributed by atoms with Crippen molar-refractivity contribution in [2.45, 2.75) is 59.2 Å². The first kappa shape index (κ1) is 27.9. The van der Waals surface area contributed by atoms with E-state index >= 15 is 0 Å². The molecule has 1 aromatic carbocycles. The molecule has 1 atom stereocenters. The molecule has 0 fully saturated rings. The minimum atomic E-state index is -3.77. The number of carbonyl (C=O) groups is 2. The number of hydrogen-bond acceptors (Lipinski definition) is 7. The third-order valence-electron chi connectivity index (χ3n) is 5.37. The second-order valence-corrected chi connectivity index (χ2v) is 12.5. The first-order valence-corrected chi connectivity index (χ1v) is 13.8. The number of primary amides is 1. The van der Waals surface area contributed by atoms with Gasteiger partial charge in [-0.25, -0.2) is 4.79 Å². The summed E-state index contributed by atoms with van der Waals surface area (Å²) in [6, 6.07) is 4.75. The Hall–Kier alpha value is -2.63. The van der Waals surface area contributed by atoms with Gasteiger partial charge in [0.15, 0.2) is 0 Å². The minimum Gasteiger partial charge on any atom is -0.444 e. The number of nitrogens with zero attached hydrogens (tertiary/aromatic N) is 3. The van der Waals surface area contributed by atoms with Gasteiger partial charge in [0.2, 0.25) is 0 Å². The van der Waals surface area contributed by atoms with Crippen molar-refractivity contribution in [3.63, 3.8) is 0 Å². The minimum absolute atomic E-state index is 0.00498. The average Bonchev–Trinajstić information content (AvgIpc) is 3.09. The highest BCUT2D eigenvalue weighted by Gasteiger charge is 2.37. The van der Waals surface area contributed by atoms with Crippen LogP contribution in [0.3, 0.4) is 0 Å². The van der Waals surface area contributed by atoms with Crippen LogP contribution in [0.25, 0.3) is 11.3 Å². The molecule has 0 bridgehead atoms. The Morgan fingerprint density at radius 3 is 2.47 bits per heavy atom. The molecule has 0 saturated carbocycles. The van der Waals surface area contributed by atoms with Crippen molar-refractivity contribution in [3.05, 3.63) is 40.0 Å². The molecule has 1 aromatic heterocycles. The lowest BCUT2D eigenvalue weighted by Crippen LogP contribution is -2.45. The van der Waals surface area contributed by atoms with E-state index in [1.165, 1.54) is 9.58 Å². The molecule has 0 spiro atoms. The van der Waals surface area contributed by atoms with Crippen LogP contribution < -0.4 is 5.73 Å². The average molecular weight is 541 g/mol. The van der Waals surface area contributed by atoms with Crippen molar-refractivity contribution in [3.8, 4) is 11.3 Å². The first-order valence-electron chi connectivity index (χ1n) is 11.6. The Bertz CT molecular complexity index is 1270. The Kier molecular flexibility index (Phi) is 8.07. The molecular formula is C24H33ClN4O6S. The van der Waals surface area contributed by atoms with E-state index in [1.54, 1.807) is 26.8 Å². The molecular weight excluding hydrogens is 508 g/mol. The van der Waals surface area contributed by atoms with Gasteiger partial charge in [0.25, 0.3) is 16.0 Å². The fourth-order valence-corrected chi connectivity index (χ4v) is 4.79. The van der Waals surface area contributed by atoms with Gasteiger partial charge in [-0.15, -0.1) is 0 Å². The molecule has 2 aromatic rings. The van der Waals surface area contributed by atoms with Gasteiger partial charge in [-0.05, 0) is 56.9 Å². The van der Waals surface area contributed by atoms with Crippen molar-refractivity contribution >= 4 is 33.7 Å². The number of benzene rings is 1. The zero-order valence-electron chi connectivity index (χ0n) is 21.4. The maximum atomic E-state index is 12.9. The number of ether oxygens (including phenoxy) is 1. The quantitative estimate of drug-likeness (QED) is 0.528. The number of nitrogens with two attached hydrogens (primary N) is 1. The standard InChI is InChI=1S/C24H33ClN4O6S/c1-14(2)7-15-8-16(10-17(25)9-15)21-20(22(26)30)19-12-28(23(31)35-24(3,4)5)11-18(29(19)27-21)13-34-36(6,32)33/h8-10,14,18H,7,11-13H2,1-6H3,(H2,26,30). The van der Waals surface area contributed by atoms with E-state index < -0.39 is 33.8 Å². The predicted molar refractivity (Wildman–Crippen MR) is 136 cm³/mol. The molecule has 0 saturated heterocycles. The smallest absolute Gasteiger partial charge is 0.410 e. The van der Waals surface area contributed by atoms with Gasteiger partial charge < -0.3 is 15.4 Å². The predicted octanol–water partition coefficient (Wildman–Crippen LogP) is 3.77. The Morgan fingerprint density at radius 2 is 1.92 bits per heavy atom. The zero-order valence-corrected chi connectivity index (χ0v) is 22.9. The number of carbonyl (C=O) groups excluding carboxylic acids is 2. The summed E-state index contributed by atoms with van der Waals surface area (Å²) in [7, 11) is -3.77. The molecule has 198 valence electrons. The van der Waals surface area contributed by atoms with Crippen LogP contribution in [-0.4, -0.2) is 60.1 Å². The van der Waals surface area contributed by atoms with E-state index in [0.29, 0.717) is 27.9 Å². The van der Waals surface area contributed by atoms with E-state index in [0.717, 1.165) is 18.2 Å². The van der Waals surface area contributed by atoms with Crippen LogP contribution in [0, 0.1) is 5.92 Å². The highest BCUT2D eigenvalue weighted by molar-refractivity contribution is 7.85. The van der Waals surface area contributed by atoms with Crippen molar-refractivity contribution in [2.75, 3.05) is 19.4 Å². The van der Waals surface area contributed by atoms with Gasteiger partial charge in [0.1, 0.15) is 11.3 Å². The molecule has 3 rings (SSSR count). The Morgan fingerprint density at radius 1 is 1.25 bits per heavy atom. The highest BCUT2D eigenvalue weighted by Crippen LogP contribution is 2.34. The number of hydrogen-bond donors (Lipinski definition) is 1. The second kappa shape index (κ2) is 10.4. The summed E-state index contributed by atoms with van der Waals surface area (Å²) in [5.41, 5.74) is 7.42. The summed E-state index contributed by atoms with van der Waals surface area (Å²) in [5, 5.41) is 5.14. The van der Waals surface area contributed by atoms with Crippen LogP contribution in [0.2, 0.25) is 5.02 Å². The van der Waals surface area contributed by atoms with Crippen LogP contribution in [0.15, 0.2) is 18.2 Å². The molecule has 1 unspecified atom stereocenters. The van der Waals surface area contributed by atoms with Crippen molar-refractivity contribution in [2.24, 2.45) is 11.7 Å². The van der Waals surface area contributed by atoms with Gasteiger partial charge in [-0.3, -0.25) is 13.7 Å². The van der Waals surface area contributed by atoms with Gasteiger partial charge in [-0.1, -0.05) is 25.4 Å². The molecule has 2 amide bonds. The third-order valence-corrected chi connectivity index (χ3v) is 6.16. The van der Waals surface area contributed by atoms with E-state index in [1.807, 2.05) is 12.1 Å². The van der Waals surface area contributed by atoms with E-state index in [9.17, 15) is 18.0 Å². The number of rotatable bonds is 7. The fraction of sp³-hybridized carbons (Fsp3) is 0.542. The van der Waals surface area contributed by atoms with Crippen molar-refractivity contribution < 1.29 is 26.9 Å². The van der Waals surface area contributed by atoms with Crippen LogP contribution in [-0.2, 0) is 32.0 Å². The number of fused-ring (bicyclic) bond motifs is 1. The molecule has 1 aliphatic heterocycles. The maximum absolute atomic E-state index is 12.9. The first-order chi connectivity index (χ1) is 16.5. The summed E-state index contributed by atoms with van der Waals surface area (Å²) in [6.45, 7) is 9.15. The van der Waals surface area contributed by atoms with E-state index in [2.05, 4.69) is 18.9 Å². The zero-order chi connectivity index (χ0) is 27.0. The normalized spacial score (nSPS) is 16.2. The van der Waals surface area contributed by atoms with E-state index in [4.69, 9.17) is 26.3 Å². The van der Waals surface area contributed by atoms with Crippen LogP contribution in [0.1, 0.15) is 62.3 Å². The molecule has 12 heteroatoms. The van der Waals surface area contributed by atoms with Crippen molar-refractivity contribution in [1.29, 1.82) is 0 Å². The summed E-state index contributed by atoms with van der Waals surface area (Å²) in [4.78, 5) is 27.0. The molecule has 2 N–H and O–H groups in total. The lowest BCUT2D eigenvalue weighted by molar-refractivity contribution is 0.0136. The highest BCUT2D eigenvalue weighted by atomic mass is 35.5. The van der Waals surface area contributed by atoms with Crippen molar-refractivity contribution in [1.82, 2.24) is 14.7 Å². The topological polar surface area (TPSA) is 134 Å². The maximum Gasteiger partial charge on any atom is 0.410 e. The summed E-state index contributed by atoms with van der Waals surface area (Å²) >= 11 is 6.39. The SMILES string of the molecule is CC(C)Cc1cc(Cl)cc(-c2nn3c(c2C(N)=O)CN(C(=O)OC(C)(C)C)CC3COS(C)(=O)=O)c1. The molecule has 0 radical (unpaired) electrons. The Labute approximate surface area is 216 Å². The monoisotopic (exact) mass is 540 g/mol. The molecule has 0 aliphatic carbocycles. The molecule has 2 heterocycles. The molecule has 1 aliphatic rings. The van der Waals surface area contributed by atoms with Gasteiger partial charge in [0, 0.05) is 17.1 Å². The van der Waals surface area contributed by atoms with Crippen LogP contribution in [0.4, 0.5) is 4.79 Å². The fourth-order valence-electron chi connectivity index (χ4n) is 4.13. The number of amides is 2. The lowest BCUT2D eigenvalue weighted by Gasteiger charge is -2.34. The van der Waals surface area contributed by atoms with Crippen LogP contribution in [0.5, 0.6) is 0 Å². The molecule has 36 heavy (non-hydrogen) atoms. The van der Waals surface area contributed by atoms with Gasteiger partial charge in [-0.2, -0.15) is 13.5 Å². The largest absolute Gasteiger partial charge is 0.444 e. The van der Waals surface area contributed by atoms with Gasteiger partial charge in [0.05, 0.1) is 36.7 Å². The molecule has 10 nitrogen and oxygen atoms in total. The second-order valence-electron chi connectivity index (χ2n) is 10.4. The Balaban J connectivity index is 2.14. The summed E-state index contributed by atoms with van der Waals surface area (Å²) < 4.78 is 35.5. The summed E-state index contributed by atoms with van der Waals surface area (Å²) in [6.07, 6.45) is 1.09.